The number of amides is 1. The van der Waals surface area contributed by atoms with Gasteiger partial charge in [0, 0.05) is 16.3 Å². The molecule has 1 amide bonds. The second kappa shape index (κ2) is 8.00. The number of nitrogens with one attached hydrogen (secondary N) is 2. The summed E-state index contributed by atoms with van der Waals surface area (Å²) in [5.41, 5.74) is 3.00. The van der Waals surface area contributed by atoms with Crippen LogP contribution in [0.4, 0.5) is 11.6 Å². The van der Waals surface area contributed by atoms with Crippen molar-refractivity contribution in [2.24, 2.45) is 0 Å². The Morgan fingerprint density at radius 3 is 2.55 bits per heavy atom. The van der Waals surface area contributed by atoms with Gasteiger partial charge in [-0.25, -0.2) is 4.68 Å². The second-order valence-electron chi connectivity index (χ2n) is 6.55. The number of anilines is 2. The molecule has 2 N–H and O–H groups in total. The molecule has 0 radical (unpaired) electrons. The van der Waals surface area contributed by atoms with Crippen LogP contribution in [0.1, 0.15) is 18.5 Å². The zero-order valence-corrected chi connectivity index (χ0v) is 17.2. The number of methoxy groups -OCH3 is 1. The van der Waals surface area contributed by atoms with E-state index in [0.29, 0.717) is 17.2 Å². The lowest BCUT2D eigenvalue weighted by Crippen LogP contribution is -2.31. The summed E-state index contributed by atoms with van der Waals surface area (Å²) in [5, 5.41) is 10.5. The molecule has 1 atom stereocenters. The summed E-state index contributed by atoms with van der Waals surface area (Å²) in [5.74, 6) is 1.15. The van der Waals surface area contributed by atoms with E-state index in [0.717, 1.165) is 21.9 Å². The number of ether oxygens (including phenoxy) is 1. The van der Waals surface area contributed by atoms with E-state index in [9.17, 15) is 4.79 Å². The van der Waals surface area contributed by atoms with E-state index in [1.54, 1.807) is 23.6 Å². The Hall–Kier alpha value is -3.26. The molecule has 0 saturated heterocycles. The van der Waals surface area contributed by atoms with Gasteiger partial charge in [-0.2, -0.15) is 10.1 Å². The first-order valence-corrected chi connectivity index (χ1v) is 10.3. The fourth-order valence-electron chi connectivity index (χ4n) is 3.35. The number of benzene rings is 2. The Bertz CT molecular complexity index is 1060. The number of aromatic nitrogens is 3. The third kappa shape index (κ3) is 3.71. The standard InChI is InChI=1S/C21H21N5O2S/c1-13-18(20(27)25-15-6-8-16(28-2)9-7-15)19(26-21(24-13)22-12-23-26)14-4-10-17(29-3)11-5-14/h4-12,19H,1-3H3,(H,25,27)(H,22,23,24)/t19-/m0/s1. The Morgan fingerprint density at radius 1 is 1.17 bits per heavy atom. The van der Waals surface area contributed by atoms with Gasteiger partial charge in [-0.1, -0.05) is 12.1 Å². The van der Waals surface area contributed by atoms with Crippen molar-refractivity contribution in [1.82, 2.24) is 14.8 Å². The number of allylic oxidation sites excluding steroid dienone is 1. The van der Waals surface area contributed by atoms with Gasteiger partial charge in [0.05, 0.1) is 12.7 Å². The molecule has 0 saturated carbocycles. The predicted octanol–water partition coefficient (Wildman–Crippen LogP) is 3.94. The molecule has 2 heterocycles. The molecule has 29 heavy (non-hydrogen) atoms. The SMILES string of the molecule is COc1ccc(NC(=O)C2=C(C)Nc3ncnn3[C@H]2c2ccc(SC)cc2)cc1. The highest BCUT2D eigenvalue weighted by atomic mass is 32.2. The first kappa shape index (κ1) is 19.1. The number of rotatable bonds is 5. The summed E-state index contributed by atoms with van der Waals surface area (Å²) in [4.78, 5) is 18.7. The Balaban J connectivity index is 1.70. The van der Waals surface area contributed by atoms with Gasteiger partial charge < -0.3 is 15.4 Å². The number of thioether (sulfide) groups is 1. The smallest absolute Gasteiger partial charge is 0.255 e. The first-order chi connectivity index (χ1) is 14.1. The van der Waals surface area contributed by atoms with Gasteiger partial charge in [0.25, 0.3) is 5.91 Å². The molecule has 4 rings (SSSR count). The van der Waals surface area contributed by atoms with E-state index in [4.69, 9.17) is 4.74 Å². The van der Waals surface area contributed by atoms with Gasteiger partial charge in [-0.3, -0.25) is 4.79 Å². The molecule has 2 aromatic carbocycles. The van der Waals surface area contributed by atoms with E-state index in [1.807, 2.05) is 61.7 Å². The molecule has 8 heteroatoms. The molecule has 0 spiro atoms. The minimum atomic E-state index is -0.372. The van der Waals surface area contributed by atoms with Crippen molar-refractivity contribution < 1.29 is 9.53 Å². The third-order valence-corrected chi connectivity index (χ3v) is 5.56. The van der Waals surface area contributed by atoms with Crippen molar-refractivity contribution in [3.05, 3.63) is 71.7 Å². The Morgan fingerprint density at radius 2 is 1.90 bits per heavy atom. The fourth-order valence-corrected chi connectivity index (χ4v) is 3.76. The van der Waals surface area contributed by atoms with E-state index < -0.39 is 0 Å². The molecule has 0 bridgehead atoms. The van der Waals surface area contributed by atoms with Crippen LogP contribution in [0.3, 0.4) is 0 Å². The van der Waals surface area contributed by atoms with Gasteiger partial charge in [0.1, 0.15) is 18.1 Å². The molecule has 0 unspecified atom stereocenters. The molecule has 7 nitrogen and oxygen atoms in total. The second-order valence-corrected chi connectivity index (χ2v) is 7.43. The van der Waals surface area contributed by atoms with Gasteiger partial charge in [0.15, 0.2) is 0 Å². The largest absolute Gasteiger partial charge is 0.497 e. The van der Waals surface area contributed by atoms with E-state index in [1.165, 1.54) is 6.33 Å². The monoisotopic (exact) mass is 407 g/mol. The molecule has 0 aliphatic carbocycles. The van der Waals surface area contributed by atoms with Crippen LogP contribution in [0.5, 0.6) is 5.75 Å². The molecule has 0 fully saturated rings. The van der Waals surface area contributed by atoms with Gasteiger partial charge >= 0.3 is 0 Å². The predicted molar refractivity (Wildman–Crippen MR) is 114 cm³/mol. The van der Waals surface area contributed by atoms with Crippen molar-refractivity contribution in [2.45, 2.75) is 17.9 Å². The highest BCUT2D eigenvalue weighted by Gasteiger charge is 2.33. The van der Waals surface area contributed by atoms with Crippen molar-refractivity contribution in [3.8, 4) is 5.75 Å². The van der Waals surface area contributed by atoms with Crippen LogP contribution < -0.4 is 15.4 Å². The maximum atomic E-state index is 13.3. The molecule has 3 aromatic rings. The summed E-state index contributed by atoms with van der Waals surface area (Å²) in [6.07, 6.45) is 3.52. The third-order valence-electron chi connectivity index (χ3n) is 4.82. The number of hydrogen-bond acceptors (Lipinski definition) is 6. The van der Waals surface area contributed by atoms with Crippen LogP contribution in [-0.2, 0) is 4.79 Å². The van der Waals surface area contributed by atoms with Gasteiger partial charge in [0.2, 0.25) is 5.95 Å². The summed E-state index contributed by atoms with van der Waals surface area (Å²) in [6.45, 7) is 1.88. The van der Waals surface area contributed by atoms with Crippen LogP contribution >= 0.6 is 11.8 Å². The molecule has 148 valence electrons. The average Bonchev–Trinajstić information content (AvgIpc) is 3.21. The lowest BCUT2D eigenvalue weighted by molar-refractivity contribution is -0.113. The molecular weight excluding hydrogens is 386 g/mol. The maximum absolute atomic E-state index is 13.3. The van der Waals surface area contributed by atoms with E-state index in [-0.39, 0.29) is 11.9 Å². The normalized spacial score (nSPS) is 15.5. The summed E-state index contributed by atoms with van der Waals surface area (Å²) in [6, 6.07) is 15.0. The molecule has 1 aliphatic heterocycles. The van der Waals surface area contributed by atoms with Crippen LogP contribution in [0, 0.1) is 0 Å². The number of nitrogens with zero attached hydrogens (tertiary/aromatic N) is 3. The molecular formula is C21H21N5O2S. The lowest BCUT2D eigenvalue weighted by Gasteiger charge is -2.28. The number of fused-ring (bicyclic) bond motifs is 1. The highest BCUT2D eigenvalue weighted by Crippen LogP contribution is 2.35. The number of carbonyl (C=O) groups is 1. The topological polar surface area (TPSA) is 81.1 Å². The zero-order valence-electron chi connectivity index (χ0n) is 16.3. The summed E-state index contributed by atoms with van der Waals surface area (Å²) < 4.78 is 6.92. The summed E-state index contributed by atoms with van der Waals surface area (Å²) >= 11 is 1.68. The molecule has 1 aromatic heterocycles. The Kier molecular flexibility index (Phi) is 5.26. The van der Waals surface area contributed by atoms with Crippen LogP contribution in [0.25, 0.3) is 0 Å². The van der Waals surface area contributed by atoms with E-state index >= 15 is 0 Å². The van der Waals surface area contributed by atoms with Gasteiger partial charge in [-0.15, -0.1) is 11.8 Å². The van der Waals surface area contributed by atoms with Crippen LogP contribution in [-0.4, -0.2) is 34.0 Å². The highest BCUT2D eigenvalue weighted by molar-refractivity contribution is 7.98. The molecule has 1 aliphatic rings. The van der Waals surface area contributed by atoms with Gasteiger partial charge in [-0.05, 0) is 55.1 Å². The summed E-state index contributed by atoms with van der Waals surface area (Å²) in [7, 11) is 1.61. The minimum Gasteiger partial charge on any atom is -0.497 e. The van der Waals surface area contributed by atoms with Crippen LogP contribution in [0.2, 0.25) is 0 Å². The minimum absolute atomic E-state index is 0.194. The number of carbonyl (C=O) groups excluding carboxylic acids is 1. The van der Waals surface area contributed by atoms with Crippen molar-refractivity contribution in [3.63, 3.8) is 0 Å². The van der Waals surface area contributed by atoms with Crippen molar-refractivity contribution >= 4 is 29.3 Å². The van der Waals surface area contributed by atoms with Crippen molar-refractivity contribution in [2.75, 3.05) is 24.0 Å². The zero-order chi connectivity index (χ0) is 20.4. The Labute approximate surface area is 173 Å². The average molecular weight is 407 g/mol. The number of hydrogen-bond donors (Lipinski definition) is 2. The quantitative estimate of drug-likeness (QED) is 0.624. The van der Waals surface area contributed by atoms with E-state index in [2.05, 4.69) is 20.7 Å². The first-order valence-electron chi connectivity index (χ1n) is 9.07. The maximum Gasteiger partial charge on any atom is 0.255 e. The fraction of sp³-hybridized carbons (Fsp3) is 0.190. The van der Waals surface area contributed by atoms with Crippen molar-refractivity contribution in [1.29, 1.82) is 0 Å². The lowest BCUT2D eigenvalue weighted by atomic mass is 9.95. The van der Waals surface area contributed by atoms with Crippen LogP contribution in [0.15, 0.2) is 71.0 Å².